The maximum Gasteiger partial charge on any atom is 0.303 e. The quantitative estimate of drug-likeness (QED) is 0.559. The van der Waals surface area contributed by atoms with Gasteiger partial charge in [-0.05, 0) is 18.8 Å². The second kappa shape index (κ2) is 11.2. The summed E-state index contributed by atoms with van der Waals surface area (Å²) < 4.78 is 27.3. The van der Waals surface area contributed by atoms with Gasteiger partial charge in [-0.3, -0.25) is 14.8 Å². The first kappa shape index (κ1) is 25.9. The van der Waals surface area contributed by atoms with Crippen LogP contribution in [0.15, 0.2) is 52.4 Å². The number of allylic oxidation sites excluding steroid dienone is 2. The minimum absolute atomic E-state index is 0.0746. The Morgan fingerprint density at radius 2 is 2.00 bits per heavy atom. The lowest BCUT2D eigenvalue weighted by Gasteiger charge is -2.31. The summed E-state index contributed by atoms with van der Waals surface area (Å²) in [6.45, 7) is 2.44. The van der Waals surface area contributed by atoms with E-state index < -0.39 is 11.6 Å². The number of alkyl halides is 2. The van der Waals surface area contributed by atoms with Crippen LogP contribution in [0.25, 0.3) is 5.70 Å². The normalized spacial score (nSPS) is 22.1. The fraction of sp³-hybridized carbons (Fsp3) is 0.458. The Labute approximate surface area is 211 Å². The highest BCUT2D eigenvalue weighted by Gasteiger charge is 2.26. The summed E-state index contributed by atoms with van der Waals surface area (Å²) in [5, 5.41) is 12.1. The molecule has 0 spiro atoms. The van der Waals surface area contributed by atoms with Crippen molar-refractivity contribution >= 4 is 38.4 Å². The molecule has 1 aromatic rings. The summed E-state index contributed by atoms with van der Waals surface area (Å²) in [4.78, 5) is 33.2. The highest BCUT2D eigenvalue weighted by Crippen LogP contribution is 2.32. The maximum atomic E-state index is 13.7. The predicted molar refractivity (Wildman–Crippen MR) is 139 cm³/mol. The van der Waals surface area contributed by atoms with Crippen LogP contribution in [0.3, 0.4) is 0 Å². The summed E-state index contributed by atoms with van der Waals surface area (Å²) in [6, 6.07) is 0. The molecular weight excluding hydrogens is 487 g/mol. The van der Waals surface area contributed by atoms with Gasteiger partial charge in [-0.1, -0.05) is 27.5 Å². The molecule has 1 saturated heterocycles. The Bertz CT molecular complexity index is 1120. The minimum atomic E-state index is -2.99. The molecule has 36 heavy (non-hydrogen) atoms. The molecular formula is C24H30F2N7O2P. The second-order valence-electron chi connectivity index (χ2n) is 9.00. The van der Waals surface area contributed by atoms with Crippen molar-refractivity contribution in [2.75, 3.05) is 44.7 Å². The molecule has 1 aromatic heterocycles. The van der Waals surface area contributed by atoms with Crippen LogP contribution < -0.4 is 10.2 Å². The fourth-order valence-electron chi connectivity index (χ4n) is 4.37. The third-order valence-electron chi connectivity index (χ3n) is 6.34. The first-order valence-electron chi connectivity index (χ1n) is 11.8. The van der Waals surface area contributed by atoms with Crippen molar-refractivity contribution in [3.05, 3.63) is 48.0 Å². The van der Waals surface area contributed by atoms with E-state index in [0.717, 1.165) is 37.2 Å². The van der Waals surface area contributed by atoms with Gasteiger partial charge in [0.05, 0.1) is 25.0 Å². The molecule has 12 heteroatoms. The molecule has 3 aliphatic rings. The van der Waals surface area contributed by atoms with Crippen molar-refractivity contribution < 1.29 is 18.7 Å². The number of carboxylic acid groups (broad SMARTS) is 1. The van der Waals surface area contributed by atoms with E-state index in [1.807, 2.05) is 11.9 Å². The number of carboxylic acids is 1. The van der Waals surface area contributed by atoms with Gasteiger partial charge in [0.2, 0.25) is 5.95 Å². The molecule has 3 aliphatic heterocycles. The van der Waals surface area contributed by atoms with Gasteiger partial charge >= 0.3 is 5.97 Å². The van der Waals surface area contributed by atoms with Crippen LogP contribution in [-0.2, 0) is 4.79 Å². The van der Waals surface area contributed by atoms with Crippen LogP contribution in [0.5, 0.6) is 0 Å². The molecule has 2 N–H and O–H groups in total. The zero-order valence-corrected chi connectivity index (χ0v) is 21.2. The van der Waals surface area contributed by atoms with E-state index in [9.17, 15) is 13.6 Å². The van der Waals surface area contributed by atoms with E-state index in [4.69, 9.17) is 5.11 Å². The van der Waals surface area contributed by atoms with Crippen molar-refractivity contribution in [2.45, 2.75) is 24.9 Å². The van der Waals surface area contributed by atoms with Gasteiger partial charge in [-0.2, -0.15) is 8.78 Å². The van der Waals surface area contributed by atoms with Gasteiger partial charge in [0.25, 0.3) is 5.66 Å². The molecule has 0 amide bonds. The summed E-state index contributed by atoms with van der Waals surface area (Å²) in [5.74, 6) is 0.662. The molecule has 0 aliphatic carbocycles. The van der Waals surface area contributed by atoms with Crippen LogP contribution in [0.1, 0.15) is 24.8 Å². The van der Waals surface area contributed by atoms with Gasteiger partial charge in [0.1, 0.15) is 11.5 Å². The van der Waals surface area contributed by atoms with Crippen molar-refractivity contribution in [1.29, 1.82) is 0 Å². The molecule has 1 atom stereocenters. The second-order valence-corrected chi connectivity index (χ2v) is 9.73. The molecule has 1 unspecified atom stereocenters. The highest BCUT2D eigenvalue weighted by molar-refractivity contribution is 7.18. The average Bonchev–Trinajstić information content (AvgIpc) is 2.96. The Hall–Kier alpha value is -3.20. The van der Waals surface area contributed by atoms with E-state index >= 15 is 0 Å². The van der Waals surface area contributed by atoms with E-state index in [1.54, 1.807) is 33.9 Å². The van der Waals surface area contributed by atoms with E-state index in [0.29, 0.717) is 24.0 Å². The largest absolute Gasteiger partial charge is 0.481 e. The summed E-state index contributed by atoms with van der Waals surface area (Å²) >= 11 is 0. The molecule has 9 nitrogen and oxygen atoms in total. The third kappa shape index (κ3) is 6.51. The fourth-order valence-corrected chi connectivity index (χ4v) is 4.58. The topological polar surface area (TPSA) is 106 Å². The van der Waals surface area contributed by atoms with Gasteiger partial charge in [-0.25, -0.2) is 9.97 Å². The average molecular weight is 518 g/mol. The molecule has 1 fully saturated rings. The van der Waals surface area contributed by atoms with Gasteiger partial charge in [-0.15, -0.1) is 0 Å². The van der Waals surface area contributed by atoms with E-state index in [-0.39, 0.29) is 31.0 Å². The Balaban J connectivity index is 1.41. The molecule has 0 bridgehead atoms. The molecule has 0 saturated carbocycles. The maximum absolute atomic E-state index is 13.7. The number of amidine groups is 1. The van der Waals surface area contributed by atoms with Crippen LogP contribution in [0.2, 0.25) is 0 Å². The first-order valence-corrected chi connectivity index (χ1v) is 12.4. The number of aliphatic imine (C=N–C) groups is 2. The predicted octanol–water partition coefficient (Wildman–Crippen LogP) is 2.80. The first-order chi connectivity index (χ1) is 17.2. The number of anilines is 1. The third-order valence-corrected chi connectivity index (χ3v) is 6.67. The molecule has 0 radical (unpaired) electrons. The monoisotopic (exact) mass is 517 g/mol. The van der Waals surface area contributed by atoms with Crippen molar-refractivity contribution in [2.24, 2.45) is 15.9 Å². The Morgan fingerprint density at radius 3 is 2.64 bits per heavy atom. The summed E-state index contributed by atoms with van der Waals surface area (Å²) in [5.41, 5.74) is -0.663. The number of nitrogens with one attached hydrogen (secondary N) is 1. The zero-order chi connectivity index (χ0) is 25.7. The number of aliphatic carboxylic acids is 1. The number of carbonyl (C=O) groups is 1. The zero-order valence-electron chi connectivity index (χ0n) is 20.1. The highest BCUT2D eigenvalue weighted by atomic mass is 31.0. The lowest BCUT2D eigenvalue weighted by Crippen LogP contribution is -2.39. The van der Waals surface area contributed by atoms with Crippen LogP contribution in [-0.4, -0.2) is 82.9 Å². The number of halogens is 2. The van der Waals surface area contributed by atoms with Crippen molar-refractivity contribution in [3.63, 3.8) is 0 Å². The summed E-state index contributed by atoms with van der Waals surface area (Å²) in [7, 11) is 3.49. The number of rotatable bonds is 6. The van der Waals surface area contributed by atoms with Gasteiger partial charge in [0, 0.05) is 56.6 Å². The van der Waals surface area contributed by atoms with Crippen LogP contribution in [0.4, 0.5) is 14.7 Å². The number of nitrogens with zero attached hydrogens (tertiary/aromatic N) is 6. The van der Waals surface area contributed by atoms with Gasteiger partial charge < -0.3 is 20.2 Å². The SMILES string of the molecule is CN1CC(C2=NC/C=C\C(C(F)(F)P)=C/CN2)=NC=C1c1cnc(N2CCC(CC(=O)O)CC2)nc1. The lowest BCUT2D eigenvalue weighted by molar-refractivity contribution is -0.138. The number of hydrogen-bond acceptors (Lipinski definition) is 8. The molecule has 192 valence electrons. The number of piperidine rings is 1. The standard InChI is InChI=1S/C24H30F2N7O2P/c1-32-15-19(22-27-7-2-3-18(4-8-28-22)24(25,26)36)29-14-20(32)17-12-30-23(31-13-17)33-9-5-16(6-10-33)11-21(34)35/h2-4,12-14,16H,5-11,15,36H2,1H3,(H,27,28)(H,34,35)/b3-2-,18-4+. The van der Waals surface area contributed by atoms with Crippen LogP contribution in [0, 0.1) is 5.92 Å². The Morgan fingerprint density at radius 1 is 1.28 bits per heavy atom. The Kier molecular flexibility index (Phi) is 8.08. The van der Waals surface area contributed by atoms with Crippen LogP contribution >= 0.6 is 9.24 Å². The molecule has 4 rings (SSSR count). The van der Waals surface area contributed by atoms with Crippen molar-refractivity contribution in [1.82, 2.24) is 20.2 Å². The summed E-state index contributed by atoms with van der Waals surface area (Å²) in [6.07, 6.45) is 11.6. The lowest BCUT2D eigenvalue weighted by atomic mass is 9.94. The van der Waals surface area contributed by atoms with E-state index in [1.165, 1.54) is 12.2 Å². The van der Waals surface area contributed by atoms with E-state index in [2.05, 4.69) is 30.2 Å². The molecule has 0 aromatic carbocycles. The van der Waals surface area contributed by atoms with Gasteiger partial charge in [0.15, 0.2) is 0 Å². The van der Waals surface area contributed by atoms with Crippen molar-refractivity contribution in [3.8, 4) is 0 Å². The number of aromatic nitrogens is 2. The smallest absolute Gasteiger partial charge is 0.303 e. The minimum Gasteiger partial charge on any atom is -0.481 e. The molecule has 4 heterocycles. The number of hydrogen-bond donors (Lipinski definition) is 2.